The van der Waals surface area contributed by atoms with Crippen LogP contribution >= 0.6 is 0 Å². The summed E-state index contributed by atoms with van der Waals surface area (Å²) >= 11 is 0. The molecule has 1 rings (SSSR count). The van der Waals surface area contributed by atoms with E-state index in [4.69, 9.17) is 10.2 Å². The van der Waals surface area contributed by atoms with Crippen molar-refractivity contribution in [2.45, 2.75) is 32.8 Å². The lowest BCUT2D eigenvalue weighted by Gasteiger charge is -1.97. The molecule has 0 aliphatic rings. The zero-order valence-electron chi connectivity index (χ0n) is 8.08. The third-order valence-electron chi connectivity index (χ3n) is 2.06. The highest BCUT2D eigenvalue weighted by atomic mass is 16.4. The fourth-order valence-corrected chi connectivity index (χ4v) is 1.31. The van der Waals surface area contributed by atoms with E-state index >= 15 is 0 Å². The molecule has 78 valence electrons. The Hall–Kier alpha value is -1.36. The molecule has 0 aliphatic heterocycles. The second kappa shape index (κ2) is 4.76. The number of aliphatic hydroxyl groups is 1. The maximum absolute atomic E-state index is 10.9. The monoisotopic (exact) mass is 198 g/mol. The third kappa shape index (κ3) is 2.11. The van der Waals surface area contributed by atoms with Gasteiger partial charge in [-0.2, -0.15) is 5.10 Å². The maximum atomic E-state index is 10.9. The standard InChI is InChI=1S/C9H14N2O3/c1-2-3-4-6-8(9(13)14)7(5-12)11-10-6/h12H,2-5H2,1H3,(H,10,11)(H,13,14). The van der Waals surface area contributed by atoms with Gasteiger partial charge in [-0.25, -0.2) is 4.79 Å². The molecule has 1 aromatic rings. The van der Waals surface area contributed by atoms with Crippen LogP contribution in [0.15, 0.2) is 0 Å². The molecule has 0 bridgehead atoms. The number of aromatic nitrogens is 2. The van der Waals surface area contributed by atoms with Gasteiger partial charge in [0, 0.05) is 0 Å². The zero-order chi connectivity index (χ0) is 10.6. The fourth-order valence-electron chi connectivity index (χ4n) is 1.31. The van der Waals surface area contributed by atoms with Gasteiger partial charge in [0.25, 0.3) is 0 Å². The van der Waals surface area contributed by atoms with Crippen LogP contribution in [0, 0.1) is 0 Å². The van der Waals surface area contributed by atoms with Gasteiger partial charge in [-0.15, -0.1) is 0 Å². The average molecular weight is 198 g/mol. The number of H-pyrrole nitrogens is 1. The molecule has 14 heavy (non-hydrogen) atoms. The predicted molar refractivity (Wildman–Crippen MR) is 50.1 cm³/mol. The Labute approximate surface area is 81.8 Å². The summed E-state index contributed by atoms with van der Waals surface area (Å²) in [5.41, 5.74) is 0.938. The number of rotatable bonds is 5. The van der Waals surface area contributed by atoms with Crippen LogP contribution < -0.4 is 0 Å². The Morgan fingerprint density at radius 2 is 2.29 bits per heavy atom. The van der Waals surface area contributed by atoms with Gasteiger partial charge in [0.2, 0.25) is 0 Å². The molecule has 5 nitrogen and oxygen atoms in total. The molecular weight excluding hydrogens is 184 g/mol. The van der Waals surface area contributed by atoms with Crippen LogP contribution in [0.2, 0.25) is 0 Å². The topological polar surface area (TPSA) is 86.2 Å². The predicted octanol–water partition coefficient (Wildman–Crippen LogP) is 0.943. The largest absolute Gasteiger partial charge is 0.478 e. The smallest absolute Gasteiger partial charge is 0.339 e. The Morgan fingerprint density at radius 1 is 1.57 bits per heavy atom. The van der Waals surface area contributed by atoms with E-state index in [2.05, 4.69) is 10.2 Å². The lowest BCUT2D eigenvalue weighted by atomic mass is 10.1. The number of hydrogen-bond donors (Lipinski definition) is 3. The molecule has 3 N–H and O–H groups in total. The summed E-state index contributed by atoms with van der Waals surface area (Å²) in [4.78, 5) is 10.9. The summed E-state index contributed by atoms with van der Waals surface area (Å²) in [5, 5.41) is 24.2. The molecule has 0 spiro atoms. The van der Waals surface area contributed by atoms with Crippen molar-refractivity contribution >= 4 is 5.97 Å². The van der Waals surface area contributed by atoms with Crippen LogP contribution in [0.3, 0.4) is 0 Å². The Kier molecular flexibility index (Phi) is 3.64. The number of aryl methyl sites for hydroxylation is 1. The second-order valence-corrected chi connectivity index (χ2v) is 3.09. The van der Waals surface area contributed by atoms with Crippen LogP contribution in [0.4, 0.5) is 0 Å². The number of carbonyl (C=O) groups is 1. The van der Waals surface area contributed by atoms with Crippen molar-refractivity contribution in [1.29, 1.82) is 0 Å². The van der Waals surface area contributed by atoms with E-state index in [-0.39, 0.29) is 17.9 Å². The van der Waals surface area contributed by atoms with Gasteiger partial charge in [-0.3, -0.25) is 5.10 Å². The number of aliphatic hydroxyl groups excluding tert-OH is 1. The lowest BCUT2D eigenvalue weighted by molar-refractivity contribution is 0.0692. The maximum Gasteiger partial charge on any atom is 0.339 e. The molecule has 0 aromatic carbocycles. The molecule has 0 saturated heterocycles. The highest BCUT2D eigenvalue weighted by molar-refractivity contribution is 5.90. The molecule has 1 aromatic heterocycles. The van der Waals surface area contributed by atoms with E-state index < -0.39 is 5.97 Å². The summed E-state index contributed by atoms with van der Waals surface area (Å²) in [6, 6.07) is 0. The molecule has 0 saturated carbocycles. The normalized spacial score (nSPS) is 10.4. The van der Waals surface area contributed by atoms with Crippen LogP contribution in [-0.4, -0.2) is 26.4 Å². The van der Waals surface area contributed by atoms with Crippen molar-refractivity contribution in [3.63, 3.8) is 0 Å². The highest BCUT2D eigenvalue weighted by Crippen LogP contribution is 2.13. The number of aromatic amines is 1. The van der Waals surface area contributed by atoms with Crippen LogP contribution in [0.1, 0.15) is 41.5 Å². The first-order chi connectivity index (χ1) is 6.70. The number of unbranched alkanes of at least 4 members (excludes halogenated alkanes) is 1. The van der Waals surface area contributed by atoms with E-state index in [1.165, 1.54) is 0 Å². The van der Waals surface area contributed by atoms with Gasteiger partial charge < -0.3 is 10.2 Å². The van der Waals surface area contributed by atoms with Crippen molar-refractivity contribution in [3.05, 3.63) is 17.0 Å². The molecule has 0 amide bonds. The van der Waals surface area contributed by atoms with E-state index in [9.17, 15) is 4.79 Å². The summed E-state index contributed by atoms with van der Waals surface area (Å²) in [5.74, 6) is -1.03. The van der Waals surface area contributed by atoms with Gasteiger partial charge in [0.15, 0.2) is 0 Å². The molecule has 0 fully saturated rings. The molecule has 0 atom stereocenters. The Morgan fingerprint density at radius 3 is 2.79 bits per heavy atom. The van der Waals surface area contributed by atoms with E-state index in [1.807, 2.05) is 6.92 Å². The minimum absolute atomic E-state index is 0.126. The first kappa shape index (κ1) is 10.7. The summed E-state index contributed by atoms with van der Waals surface area (Å²) in [6.07, 6.45) is 2.52. The summed E-state index contributed by atoms with van der Waals surface area (Å²) in [7, 11) is 0. The SMILES string of the molecule is CCCCc1n[nH]c(CO)c1C(=O)O. The second-order valence-electron chi connectivity index (χ2n) is 3.09. The van der Waals surface area contributed by atoms with Crippen molar-refractivity contribution in [2.24, 2.45) is 0 Å². The van der Waals surface area contributed by atoms with E-state index in [0.717, 1.165) is 12.8 Å². The van der Waals surface area contributed by atoms with Crippen molar-refractivity contribution in [2.75, 3.05) is 0 Å². The fraction of sp³-hybridized carbons (Fsp3) is 0.556. The minimum Gasteiger partial charge on any atom is -0.478 e. The van der Waals surface area contributed by atoms with Crippen LogP contribution in [0.5, 0.6) is 0 Å². The number of aromatic carboxylic acids is 1. The zero-order valence-corrected chi connectivity index (χ0v) is 8.08. The number of carboxylic acids is 1. The molecule has 0 radical (unpaired) electrons. The molecular formula is C9H14N2O3. The average Bonchev–Trinajstić information content (AvgIpc) is 2.57. The van der Waals surface area contributed by atoms with Crippen molar-refractivity contribution in [3.8, 4) is 0 Å². The summed E-state index contributed by atoms with van der Waals surface area (Å²) in [6.45, 7) is 1.71. The number of hydrogen-bond acceptors (Lipinski definition) is 3. The van der Waals surface area contributed by atoms with Gasteiger partial charge in [-0.1, -0.05) is 13.3 Å². The lowest BCUT2D eigenvalue weighted by Crippen LogP contribution is -2.04. The number of nitrogens with one attached hydrogen (secondary N) is 1. The number of carboxylic acid groups (broad SMARTS) is 1. The molecule has 0 aliphatic carbocycles. The van der Waals surface area contributed by atoms with Gasteiger partial charge in [0.1, 0.15) is 5.56 Å². The minimum atomic E-state index is -1.03. The molecule has 1 heterocycles. The summed E-state index contributed by atoms with van der Waals surface area (Å²) < 4.78 is 0. The van der Waals surface area contributed by atoms with Crippen LogP contribution in [-0.2, 0) is 13.0 Å². The highest BCUT2D eigenvalue weighted by Gasteiger charge is 2.18. The Balaban J connectivity index is 2.92. The number of nitrogens with zero attached hydrogens (tertiary/aromatic N) is 1. The quantitative estimate of drug-likeness (QED) is 0.657. The van der Waals surface area contributed by atoms with E-state index in [1.54, 1.807) is 0 Å². The van der Waals surface area contributed by atoms with Gasteiger partial charge in [0.05, 0.1) is 18.0 Å². The van der Waals surface area contributed by atoms with Crippen LogP contribution in [0.25, 0.3) is 0 Å². The molecule has 5 heteroatoms. The van der Waals surface area contributed by atoms with Crippen molar-refractivity contribution < 1.29 is 15.0 Å². The molecule has 0 unspecified atom stereocenters. The Bertz CT molecular complexity index is 320. The van der Waals surface area contributed by atoms with Crippen molar-refractivity contribution in [1.82, 2.24) is 10.2 Å². The van der Waals surface area contributed by atoms with E-state index in [0.29, 0.717) is 12.1 Å². The first-order valence-corrected chi connectivity index (χ1v) is 4.61. The first-order valence-electron chi connectivity index (χ1n) is 4.61. The van der Waals surface area contributed by atoms with Gasteiger partial charge in [-0.05, 0) is 12.8 Å². The third-order valence-corrected chi connectivity index (χ3v) is 2.06. The van der Waals surface area contributed by atoms with Gasteiger partial charge >= 0.3 is 5.97 Å².